The number of ether oxygens (including phenoxy) is 1. The summed E-state index contributed by atoms with van der Waals surface area (Å²) in [6, 6.07) is 0. The van der Waals surface area contributed by atoms with Crippen molar-refractivity contribution in [2.45, 2.75) is 51.7 Å². The maximum atomic E-state index is 13.0. The fraction of sp³-hybridized carbons (Fsp3) is 0.556. The van der Waals surface area contributed by atoms with Gasteiger partial charge in [0, 0.05) is 11.5 Å². The van der Waals surface area contributed by atoms with Gasteiger partial charge >= 0.3 is 0 Å². The minimum absolute atomic E-state index is 0.0402. The molecule has 1 amide bonds. The van der Waals surface area contributed by atoms with E-state index < -0.39 is 0 Å². The van der Waals surface area contributed by atoms with Crippen molar-refractivity contribution in [2.75, 3.05) is 11.9 Å². The van der Waals surface area contributed by atoms with Crippen LogP contribution in [0, 0.1) is 5.92 Å². The Labute approximate surface area is 174 Å². The average Bonchev–Trinajstić information content (AvgIpc) is 3.42. The molecule has 2 aliphatic rings. The molecule has 1 fully saturated rings. The number of hydrogen-bond acceptors (Lipinski definition) is 9. The van der Waals surface area contributed by atoms with Crippen molar-refractivity contribution in [3.63, 3.8) is 0 Å². The molecule has 152 valence electrons. The Hall–Kier alpha value is -2.24. The van der Waals surface area contributed by atoms with Crippen LogP contribution in [0.1, 0.15) is 47.7 Å². The van der Waals surface area contributed by atoms with Crippen LogP contribution >= 0.6 is 22.7 Å². The minimum atomic E-state index is -0.381. The van der Waals surface area contributed by atoms with Gasteiger partial charge in [-0.15, -0.1) is 26.6 Å². The zero-order valence-corrected chi connectivity index (χ0v) is 17.5. The van der Waals surface area contributed by atoms with Crippen molar-refractivity contribution < 1.29 is 9.53 Å². The van der Waals surface area contributed by atoms with Crippen LogP contribution in [0.25, 0.3) is 10.2 Å². The molecule has 3 aromatic rings. The number of amides is 1. The Kier molecular flexibility index (Phi) is 4.88. The lowest BCUT2D eigenvalue weighted by Gasteiger charge is -2.17. The first-order valence-corrected chi connectivity index (χ1v) is 11.3. The Bertz CT molecular complexity index is 1130. The summed E-state index contributed by atoms with van der Waals surface area (Å²) in [5.41, 5.74) is 0.831. The van der Waals surface area contributed by atoms with Crippen molar-refractivity contribution in [2.24, 2.45) is 5.92 Å². The van der Waals surface area contributed by atoms with Crippen LogP contribution in [0.2, 0.25) is 0 Å². The lowest BCUT2D eigenvalue weighted by Crippen LogP contribution is -2.30. The van der Waals surface area contributed by atoms with Gasteiger partial charge in [0.05, 0.1) is 5.39 Å². The molecule has 0 aromatic carbocycles. The molecule has 1 aliphatic heterocycles. The fourth-order valence-electron chi connectivity index (χ4n) is 3.88. The van der Waals surface area contributed by atoms with E-state index in [-0.39, 0.29) is 24.1 Å². The van der Waals surface area contributed by atoms with E-state index in [2.05, 4.69) is 32.7 Å². The highest BCUT2D eigenvalue weighted by Crippen LogP contribution is 2.35. The number of nitrogens with one attached hydrogen (secondary N) is 1. The molecule has 2 atom stereocenters. The number of anilines is 1. The number of thiophene rings is 1. The van der Waals surface area contributed by atoms with E-state index in [0.717, 1.165) is 54.0 Å². The predicted octanol–water partition coefficient (Wildman–Crippen LogP) is 2.32. The molecular formula is C18H20N6O3S2. The van der Waals surface area contributed by atoms with Crippen molar-refractivity contribution in [1.29, 1.82) is 0 Å². The van der Waals surface area contributed by atoms with E-state index in [1.165, 1.54) is 16.2 Å². The normalized spacial score (nSPS) is 21.4. The summed E-state index contributed by atoms with van der Waals surface area (Å²) in [4.78, 5) is 27.3. The summed E-state index contributed by atoms with van der Waals surface area (Å²) in [6.45, 7) is 2.73. The Morgan fingerprint density at radius 3 is 3.00 bits per heavy atom. The first-order valence-electron chi connectivity index (χ1n) is 9.71. The Morgan fingerprint density at radius 1 is 1.28 bits per heavy atom. The van der Waals surface area contributed by atoms with Crippen LogP contribution in [0.5, 0.6) is 0 Å². The van der Waals surface area contributed by atoms with E-state index in [0.29, 0.717) is 21.3 Å². The molecule has 1 aliphatic carbocycles. The molecule has 1 saturated heterocycles. The molecule has 11 heteroatoms. The first kappa shape index (κ1) is 18.8. The van der Waals surface area contributed by atoms with Gasteiger partial charge in [0.2, 0.25) is 11.0 Å². The van der Waals surface area contributed by atoms with E-state index in [9.17, 15) is 9.59 Å². The van der Waals surface area contributed by atoms with Crippen LogP contribution in [-0.2, 0) is 28.9 Å². The van der Waals surface area contributed by atoms with E-state index in [1.807, 2.05) is 0 Å². The second-order valence-corrected chi connectivity index (χ2v) is 9.67. The van der Waals surface area contributed by atoms with Crippen molar-refractivity contribution >= 4 is 43.9 Å². The molecule has 3 aromatic heterocycles. The standard InChI is InChI=1S/C18H20N6O3S2/c1-9-4-5-10-12(7-9)28-16-14(10)17(26)24(23-21-16)8-13(25)19-18-22-20-15(29-18)11-3-2-6-27-11/h9,11H,2-8H2,1H3,(H,19,22,25). The minimum Gasteiger partial charge on any atom is -0.371 e. The van der Waals surface area contributed by atoms with Gasteiger partial charge in [-0.05, 0) is 43.6 Å². The van der Waals surface area contributed by atoms with Gasteiger partial charge in [-0.2, -0.15) is 0 Å². The predicted molar refractivity (Wildman–Crippen MR) is 109 cm³/mol. The van der Waals surface area contributed by atoms with Crippen LogP contribution in [0.3, 0.4) is 0 Å². The van der Waals surface area contributed by atoms with E-state index >= 15 is 0 Å². The fourth-order valence-corrected chi connectivity index (χ4v) is 6.04. The van der Waals surface area contributed by atoms with Crippen LogP contribution in [0.15, 0.2) is 4.79 Å². The molecule has 0 radical (unpaired) electrons. The second kappa shape index (κ2) is 7.54. The second-order valence-electron chi connectivity index (χ2n) is 7.58. The molecule has 29 heavy (non-hydrogen) atoms. The van der Waals surface area contributed by atoms with Crippen molar-refractivity contribution in [3.8, 4) is 0 Å². The lowest BCUT2D eigenvalue weighted by molar-refractivity contribution is -0.117. The molecule has 2 unspecified atom stereocenters. The summed E-state index contributed by atoms with van der Waals surface area (Å²) < 4.78 is 6.72. The van der Waals surface area contributed by atoms with E-state index in [1.54, 1.807) is 11.3 Å². The summed E-state index contributed by atoms with van der Waals surface area (Å²) in [7, 11) is 0. The van der Waals surface area contributed by atoms with Gasteiger partial charge in [-0.1, -0.05) is 23.5 Å². The molecular weight excluding hydrogens is 412 g/mol. The number of aromatic nitrogens is 5. The summed E-state index contributed by atoms with van der Waals surface area (Å²) >= 11 is 2.84. The van der Waals surface area contributed by atoms with Gasteiger partial charge in [0.25, 0.3) is 5.56 Å². The smallest absolute Gasteiger partial charge is 0.279 e. The maximum absolute atomic E-state index is 13.0. The molecule has 0 spiro atoms. The number of fused-ring (bicyclic) bond motifs is 3. The van der Waals surface area contributed by atoms with Crippen LogP contribution in [-0.4, -0.2) is 37.7 Å². The lowest BCUT2D eigenvalue weighted by atomic mass is 9.89. The number of rotatable bonds is 4. The topological polar surface area (TPSA) is 112 Å². The molecule has 0 saturated carbocycles. The highest BCUT2D eigenvalue weighted by atomic mass is 32.1. The Balaban J connectivity index is 1.34. The highest BCUT2D eigenvalue weighted by Gasteiger charge is 2.25. The first-order chi connectivity index (χ1) is 14.1. The zero-order valence-electron chi connectivity index (χ0n) is 15.9. The summed E-state index contributed by atoms with van der Waals surface area (Å²) in [5, 5.41) is 20.7. The average molecular weight is 433 g/mol. The number of hydrogen-bond donors (Lipinski definition) is 1. The third kappa shape index (κ3) is 3.58. The third-order valence-corrected chi connectivity index (χ3v) is 7.44. The molecule has 1 N–H and O–H groups in total. The molecule has 9 nitrogen and oxygen atoms in total. The molecule has 4 heterocycles. The third-order valence-electron chi connectivity index (χ3n) is 5.37. The zero-order chi connectivity index (χ0) is 20.0. The quantitative estimate of drug-likeness (QED) is 0.673. The van der Waals surface area contributed by atoms with Crippen LogP contribution < -0.4 is 10.9 Å². The van der Waals surface area contributed by atoms with Gasteiger partial charge in [0.1, 0.15) is 17.7 Å². The molecule has 5 rings (SSSR count). The number of aryl methyl sites for hydroxylation is 1. The largest absolute Gasteiger partial charge is 0.371 e. The summed E-state index contributed by atoms with van der Waals surface area (Å²) in [6.07, 6.45) is 4.78. The van der Waals surface area contributed by atoms with Crippen LogP contribution in [0.4, 0.5) is 5.13 Å². The van der Waals surface area contributed by atoms with Gasteiger partial charge in [-0.3, -0.25) is 14.9 Å². The highest BCUT2D eigenvalue weighted by molar-refractivity contribution is 7.18. The van der Waals surface area contributed by atoms with Crippen molar-refractivity contribution in [3.05, 3.63) is 25.8 Å². The number of carbonyl (C=O) groups is 1. The van der Waals surface area contributed by atoms with E-state index in [4.69, 9.17) is 4.74 Å². The van der Waals surface area contributed by atoms with Gasteiger partial charge < -0.3 is 4.74 Å². The SMILES string of the molecule is CC1CCc2c(sc3nnn(CC(=O)Nc4nnc(C5CCCO5)s4)c(=O)c23)C1. The number of nitrogens with zero attached hydrogens (tertiary/aromatic N) is 5. The van der Waals surface area contributed by atoms with Gasteiger partial charge in [0.15, 0.2) is 4.83 Å². The van der Waals surface area contributed by atoms with Gasteiger partial charge in [-0.25, -0.2) is 4.68 Å². The monoisotopic (exact) mass is 432 g/mol. The maximum Gasteiger partial charge on any atom is 0.279 e. The molecule has 0 bridgehead atoms. The summed E-state index contributed by atoms with van der Waals surface area (Å²) in [5.74, 6) is 0.233. The Morgan fingerprint density at radius 2 is 2.17 bits per heavy atom. The number of carbonyl (C=O) groups excluding carboxylic acids is 1. The van der Waals surface area contributed by atoms with Crippen molar-refractivity contribution in [1.82, 2.24) is 25.2 Å².